The van der Waals surface area contributed by atoms with Crippen LogP contribution in [0.3, 0.4) is 0 Å². The van der Waals surface area contributed by atoms with Gasteiger partial charge in [0.15, 0.2) is 0 Å². The van der Waals surface area contributed by atoms with E-state index in [-0.39, 0.29) is 29.6 Å². The Balaban J connectivity index is 0.00000218. The van der Waals surface area contributed by atoms with Gasteiger partial charge in [-0.15, -0.1) is 12.4 Å². The molecule has 2 amide bonds. The lowest BCUT2D eigenvalue weighted by atomic mass is 9.49. The fourth-order valence-electron chi connectivity index (χ4n) is 6.75. The summed E-state index contributed by atoms with van der Waals surface area (Å²) in [6, 6.07) is 5.07. The number of halogens is 2. The van der Waals surface area contributed by atoms with Crippen molar-refractivity contribution in [2.24, 2.45) is 23.2 Å². The molecule has 30 heavy (non-hydrogen) atoms. The number of amides is 2. The van der Waals surface area contributed by atoms with Gasteiger partial charge in [0.25, 0.3) is 11.8 Å². The fourth-order valence-corrected chi connectivity index (χ4v) is 6.96. The molecule has 0 radical (unpaired) electrons. The standard InChI is InChI=1S/C23H30ClN3O2.ClH/c24-20-2-1-18(22(29)27-5-3-25-4-6-27)10-19(20)21(28)26-14-23-11-15-7-16(12-23)9-17(8-15)13-23;/h1-2,10,15-17,25H,3-9,11-14H2,(H,26,28);1H. The molecule has 4 saturated carbocycles. The summed E-state index contributed by atoms with van der Waals surface area (Å²) in [5.41, 5.74) is 1.24. The average molecular weight is 452 g/mol. The van der Waals surface area contributed by atoms with E-state index in [2.05, 4.69) is 10.6 Å². The van der Waals surface area contributed by atoms with Crippen LogP contribution in [0.4, 0.5) is 0 Å². The molecule has 5 aliphatic rings. The smallest absolute Gasteiger partial charge is 0.253 e. The van der Waals surface area contributed by atoms with E-state index in [0.717, 1.165) is 37.4 Å². The normalized spacial score (nSPS) is 31.9. The van der Waals surface area contributed by atoms with Gasteiger partial charge in [-0.1, -0.05) is 11.6 Å². The lowest BCUT2D eigenvalue weighted by Gasteiger charge is -2.56. The number of hydrogen-bond donors (Lipinski definition) is 2. The van der Waals surface area contributed by atoms with E-state index in [1.807, 2.05) is 4.90 Å². The topological polar surface area (TPSA) is 61.4 Å². The Morgan fingerprint density at radius 1 is 1.07 bits per heavy atom. The maximum Gasteiger partial charge on any atom is 0.253 e. The largest absolute Gasteiger partial charge is 0.351 e. The van der Waals surface area contributed by atoms with Crippen LogP contribution in [-0.4, -0.2) is 49.4 Å². The first-order valence-electron chi connectivity index (χ1n) is 11.1. The molecule has 4 aliphatic carbocycles. The molecule has 4 bridgehead atoms. The van der Waals surface area contributed by atoms with Crippen LogP contribution in [0.25, 0.3) is 0 Å². The zero-order valence-electron chi connectivity index (χ0n) is 17.3. The minimum Gasteiger partial charge on any atom is -0.351 e. The van der Waals surface area contributed by atoms with Crippen molar-refractivity contribution in [1.82, 2.24) is 15.5 Å². The predicted octanol–water partition coefficient (Wildman–Crippen LogP) is 3.75. The van der Waals surface area contributed by atoms with Crippen molar-refractivity contribution in [3.63, 3.8) is 0 Å². The number of nitrogens with zero attached hydrogens (tertiary/aromatic N) is 1. The Morgan fingerprint density at radius 3 is 2.27 bits per heavy atom. The molecule has 0 atom stereocenters. The highest BCUT2D eigenvalue weighted by Crippen LogP contribution is 2.59. The van der Waals surface area contributed by atoms with Crippen molar-refractivity contribution in [1.29, 1.82) is 0 Å². The minimum atomic E-state index is -0.152. The Kier molecular flexibility index (Phi) is 6.34. The molecule has 0 aromatic heterocycles. The monoisotopic (exact) mass is 451 g/mol. The van der Waals surface area contributed by atoms with Crippen LogP contribution in [0.2, 0.25) is 5.02 Å². The molecule has 2 N–H and O–H groups in total. The van der Waals surface area contributed by atoms with Gasteiger partial charge < -0.3 is 15.5 Å². The van der Waals surface area contributed by atoms with Gasteiger partial charge in [-0.2, -0.15) is 0 Å². The molecule has 1 aromatic carbocycles. The Hall–Kier alpha value is -1.30. The van der Waals surface area contributed by atoms with Crippen LogP contribution < -0.4 is 10.6 Å². The predicted molar refractivity (Wildman–Crippen MR) is 120 cm³/mol. The van der Waals surface area contributed by atoms with Crippen molar-refractivity contribution >= 4 is 35.8 Å². The molecule has 164 valence electrons. The third-order valence-corrected chi connectivity index (χ3v) is 7.98. The number of benzene rings is 1. The summed E-state index contributed by atoms with van der Waals surface area (Å²) in [5.74, 6) is 2.41. The molecular formula is C23H31Cl2N3O2. The van der Waals surface area contributed by atoms with Crippen LogP contribution in [0.15, 0.2) is 18.2 Å². The fraction of sp³-hybridized carbons (Fsp3) is 0.652. The Bertz CT molecular complexity index is 787. The number of rotatable bonds is 4. The average Bonchev–Trinajstić information content (AvgIpc) is 2.71. The summed E-state index contributed by atoms with van der Waals surface area (Å²) in [4.78, 5) is 27.6. The summed E-state index contributed by atoms with van der Waals surface area (Å²) in [7, 11) is 0. The second-order valence-corrected chi connectivity index (χ2v) is 10.2. The van der Waals surface area contributed by atoms with E-state index in [0.29, 0.717) is 29.2 Å². The maximum absolute atomic E-state index is 13.0. The molecule has 5 nitrogen and oxygen atoms in total. The van der Waals surface area contributed by atoms with E-state index < -0.39 is 0 Å². The van der Waals surface area contributed by atoms with Crippen LogP contribution in [0.5, 0.6) is 0 Å². The third kappa shape index (κ3) is 4.21. The van der Waals surface area contributed by atoms with Crippen molar-refractivity contribution in [3.8, 4) is 0 Å². The second kappa shape index (κ2) is 8.68. The molecule has 7 heteroatoms. The number of nitrogens with one attached hydrogen (secondary N) is 2. The Morgan fingerprint density at radius 2 is 1.67 bits per heavy atom. The molecule has 1 saturated heterocycles. The Labute approximate surface area is 189 Å². The number of piperazine rings is 1. The van der Waals surface area contributed by atoms with E-state index >= 15 is 0 Å². The third-order valence-electron chi connectivity index (χ3n) is 7.65. The molecule has 1 heterocycles. The van der Waals surface area contributed by atoms with Crippen molar-refractivity contribution in [3.05, 3.63) is 34.3 Å². The zero-order chi connectivity index (χ0) is 20.0. The van der Waals surface area contributed by atoms with Gasteiger partial charge in [0.05, 0.1) is 10.6 Å². The van der Waals surface area contributed by atoms with Crippen LogP contribution in [-0.2, 0) is 0 Å². The first kappa shape index (κ1) is 21.9. The summed E-state index contributed by atoms with van der Waals surface area (Å²) in [6.07, 6.45) is 7.97. The van der Waals surface area contributed by atoms with Gasteiger partial charge in [0.1, 0.15) is 0 Å². The van der Waals surface area contributed by atoms with Gasteiger partial charge in [-0.05, 0) is 79.9 Å². The minimum absolute atomic E-state index is 0. The van der Waals surface area contributed by atoms with Gasteiger partial charge in [-0.3, -0.25) is 9.59 Å². The summed E-state index contributed by atoms with van der Waals surface area (Å²) >= 11 is 6.34. The van der Waals surface area contributed by atoms with E-state index in [1.54, 1.807) is 18.2 Å². The van der Waals surface area contributed by atoms with Crippen LogP contribution >= 0.6 is 24.0 Å². The second-order valence-electron chi connectivity index (χ2n) is 9.84. The molecule has 0 unspecified atom stereocenters. The van der Waals surface area contributed by atoms with Gasteiger partial charge >= 0.3 is 0 Å². The first-order chi connectivity index (χ1) is 14.0. The van der Waals surface area contributed by atoms with Crippen molar-refractivity contribution in [2.75, 3.05) is 32.7 Å². The molecule has 5 fully saturated rings. The first-order valence-corrected chi connectivity index (χ1v) is 11.5. The highest BCUT2D eigenvalue weighted by Gasteiger charge is 2.50. The summed E-state index contributed by atoms with van der Waals surface area (Å²) in [5, 5.41) is 6.84. The number of hydrogen-bond acceptors (Lipinski definition) is 3. The zero-order valence-corrected chi connectivity index (χ0v) is 18.9. The molecule has 1 aliphatic heterocycles. The van der Waals surface area contributed by atoms with Gasteiger partial charge in [0.2, 0.25) is 0 Å². The summed E-state index contributed by atoms with van der Waals surface area (Å²) < 4.78 is 0. The van der Waals surface area contributed by atoms with Gasteiger partial charge in [-0.25, -0.2) is 0 Å². The highest BCUT2D eigenvalue weighted by atomic mass is 35.5. The maximum atomic E-state index is 13.0. The molecule has 0 spiro atoms. The highest BCUT2D eigenvalue weighted by molar-refractivity contribution is 6.34. The SMILES string of the molecule is Cl.O=C(NCC12CC3CC(CC(C3)C1)C2)c1cc(C(=O)N2CCNCC2)ccc1Cl. The van der Waals surface area contributed by atoms with Crippen molar-refractivity contribution in [2.45, 2.75) is 38.5 Å². The summed E-state index contributed by atoms with van der Waals surface area (Å²) in [6.45, 7) is 3.72. The van der Waals surface area contributed by atoms with E-state index in [4.69, 9.17) is 11.6 Å². The van der Waals surface area contributed by atoms with E-state index in [1.165, 1.54) is 38.5 Å². The molecule has 6 rings (SSSR count). The number of carbonyl (C=O) groups is 2. The van der Waals surface area contributed by atoms with Crippen LogP contribution in [0, 0.1) is 23.2 Å². The lowest BCUT2D eigenvalue weighted by Crippen LogP contribution is -2.51. The molecule has 1 aromatic rings. The molecular weight excluding hydrogens is 421 g/mol. The van der Waals surface area contributed by atoms with E-state index in [9.17, 15) is 9.59 Å². The lowest BCUT2D eigenvalue weighted by molar-refractivity contribution is -0.0503. The quantitative estimate of drug-likeness (QED) is 0.732. The van der Waals surface area contributed by atoms with Gasteiger partial charge in [0, 0.05) is 38.3 Å². The van der Waals surface area contributed by atoms with Crippen molar-refractivity contribution < 1.29 is 9.59 Å². The number of carbonyl (C=O) groups excluding carboxylic acids is 2. The van der Waals surface area contributed by atoms with Crippen LogP contribution in [0.1, 0.15) is 59.2 Å².